The molecule has 1 aromatic carbocycles. The number of rotatable bonds is 4. The molecule has 3 aromatic rings. The number of anilines is 1. The molecule has 0 amide bonds. The van der Waals surface area contributed by atoms with Crippen molar-refractivity contribution >= 4 is 22.2 Å². The molecule has 1 fully saturated rings. The second-order valence-electron chi connectivity index (χ2n) is 7.82. The van der Waals surface area contributed by atoms with Gasteiger partial charge in [-0.3, -0.25) is 14.5 Å². The SMILES string of the molecule is CC(=O)c1ccc(N2CCN(Cn3ncc4c(C)n(C)c(C)c4c3=O)CC2)cc1. The zero-order valence-corrected chi connectivity index (χ0v) is 17.5. The number of carbonyl (C=O) groups excluding carboxylic acids is 1. The highest BCUT2D eigenvalue weighted by Crippen LogP contribution is 2.21. The number of aromatic nitrogens is 3. The Balaban J connectivity index is 1.46. The maximum absolute atomic E-state index is 13.0. The molecule has 4 rings (SSSR count). The summed E-state index contributed by atoms with van der Waals surface area (Å²) >= 11 is 0. The number of fused-ring (bicyclic) bond motifs is 1. The molecule has 0 aliphatic carbocycles. The molecule has 0 spiro atoms. The molecule has 2 aromatic heterocycles. The van der Waals surface area contributed by atoms with Crippen molar-refractivity contribution in [2.24, 2.45) is 7.05 Å². The summed E-state index contributed by atoms with van der Waals surface area (Å²) in [6.07, 6.45) is 1.81. The van der Waals surface area contributed by atoms with Gasteiger partial charge in [0.25, 0.3) is 5.56 Å². The number of aryl methyl sites for hydroxylation is 2. The second kappa shape index (κ2) is 7.48. The third kappa shape index (κ3) is 3.46. The summed E-state index contributed by atoms with van der Waals surface area (Å²) in [5.41, 5.74) is 3.89. The Morgan fingerprint density at radius 1 is 1.03 bits per heavy atom. The van der Waals surface area contributed by atoms with Crippen LogP contribution < -0.4 is 10.5 Å². The molecule has 3 heterocycles. The van der Waals surface area contributed by atoms with Gasteiger partial charge in [0.15, 0.2) is 5.78 Å². The minimum atomic E-state index is -0.0223. The largest absolute Gasteiger partial charge is 0.369 e. The molecule has 0 saturated carbocycles. The minimum Gasteiger partial charge on any atom is -0.369 e. The number of benzene rings is 1. The van der Waals surface area contributed by atoms with Crippen molar-refractivity contribution in [1.82, 2.24) is 19.2 Å². The summed E-state index contributed by atoms with van der Waals surface area (Å²) in [6, 6.07) is 7.78. The summed E-state index contributed by atoms with van der Waals surface area (Å²) in [4.78, 5) is 29.0. The molecule has 7 heteroatoms. The topological polar surface area (TPSA) is 63.4 Å². The van der Waals surface area contributed by atoms with Crippen LogP contribution in [0.25, 0.3) is 10.8 Å². The van der Waals surface area contributed by atoms with Gasteiger partial charge >= 0.3 is 0 Å². The third-order valence-electron chi connectivity index (χ3n) is 6.15. The van der Waals surface area contributed by atoms with Crippen LogP contribution in [0, 0.1) is 13.8 Å². The van der Waals surface area contributed by atoms with Crippen LogP contribution in [0.5, 0.6) is 0 Å². The summed E-state index contributed by atoms with van der Waals surface area (Å²) in [6.45, 7) is 9.54. The number of carbonyl (C=O) groups is 1. The van der Waals surface area contributed by atoms with E-state index in [-0.39, 0.29) is 11.3 Å². The van der Waals surface area contributed by atoms with Gasteiger partial charge in [-0.05, 0) is 45.0 Å². The van der Waals surface area contributed by atoms with E-state index in [9.17, 15) is 9.59 Å². The van der Waals surface area contributed by atoms with Crippen molar-refractivity contribution in [2.45, 2.75) is 27.4 Å². The van der Waals surface area contributed by atoms with Crippen molar-refractivity contribution in [1.29, 1.82) is 0 Å². The van der Waals surface area contributed by atoms with Crippen molar-refractivity contribution in [3.8, 4) is 0 Å². The van der Waals surface area contributed by atoms with Gasteiger partial charge in [0.2, 0.25) is 0 Å². The summed E-state index contributed by atoms with van der Waals surface area (Å²) < 4.78 is 3.63. The Hall–Kier alpha value is -2.93. The van der Waals surface area contributed by atoms with E-state index in [0.29, 0.717) is 6.67 Å². The molecule has 1 aliphatic rings. The molecule has 29 heavy (non-hydrogen) atoms. The van der Waals surface area contributed by atoms with Gasteiger partial charge in [0.05, 0.1) is 18.3 Å². The number of Topliss-reactive ketones (excluding diaryl/α,β-unsaturated/α-hetero) is 1. The molecular formula is C22H27N5O2. The van der Waals surface area contributed by atoms with Crippen LogP contribution in [0.1, 0.15) is 28.7 Å². The van der Waals surface area contributed by atoms with Crippen LogP contribution in [0.4, 0.5) is 5.69 Å². The molecule has 1 aliphatic heterocycles. The van der Waals surface area contributed by atoms with Gasteiger partial charge in [0.1, 0.15) is 0 Å². The van der Waals surface area contributed by atoms with E-state index < -0.39 is 0 Å². The first-order chi connectivity index (χ1) is 13.9. The van der Waals surface area contributed by atoms with Gasteiger partial charge in [-0.2, -0.15) is 5.10 Å². The highest BCUT2D eigenvalue weighted by molar-refractivity contribution is 5.94. The van der Waals surface area contributed by atoms with Crippen LogP contribution in [-0.2, 0) is 13.7 Å². The van der Waals surface area contributed by atoms with E-state index in [2.05, 4.69) is 14.9 Å². The van der Waals surface area contributed by atoms with E-state index in [4.69, 9.17) is 0 Å². The van der Waals surface area contributed by atoms with E-state index >= 15 is 0 Å². The van der Waals surface area contributed by atoms with E-state index in [1.807, 2.05) is 55.9 Å². The van der Waals surface area contributed by atoms with Crippen LogP contribution in [0.2, 0.25) is 0 Å². The van der Waals surface area contributed by atoms with Gasteiger partial charge in [-0.1, -0.05) is 0 Å². The standard InChI is InChI=1S/C22H27N5O2/c1-15-20-13-23-27(22(29)21(20)16(2)24(15)4)14-25-9-11-26(12-10-25)19-7-5-18(6-8-19)17(3)28/h5-8,13H,9-12,14H2,1-4H3. The Labute approximate surface area is 170 Å². The predicted molar refractivity (Wildman–Crippen MR) is 115 cm³/mol. The highest BCUT2D eigenvalue weighted by Gasteiger charge is 2.20. The van der Waals surface area contributed by atoms with Crippen molar-refractivity contribution in [3.05, 3.63) is 57.8 Å². The second-order valence-corrected chi connectivity index (χ2v) is 7.82. The third-order valence-corrected chi connectivity index (χ3v) is 6.15. The maximum atomic E-state index is 13.0. The van der Waals surface area contributed by atoms with Crippen molar-refractivity contribution in [3.63, 3.8) is 0 Å². The monoisotopic (exact) mass is 393 g/mol. The zero-order chi connectivity index (χ0) is 20.7. The van der Waals surface area contributed by atoms with E-state index in [1.54, 1.807) is 11.6 Å². The lowest BCUT2D eigenvalue weighted by atomic mass is 10.1. The molecule has 0 N–H and O–H groups in total. The fourth-order valence-electron chi connectivity index (χ4n) is 4.06. The molecule has 0 unspecified atom stereocenters. The summed E-state index contributed by atoms with van der Waals surface area (Å²) in [5, 5.41) is 6.13. The van der Waals surface area contributed by atoms with Crippen LogP contribution in [-0.4, -0.2) is 51.2 Å². The zero-order valence-electron chi connectivity index (χ0n) is 17.5. The highest BCUT2D eigenvalue weighted by atomic mass is 16.1. The first-order valence-electron chi connectivity index (χ1n) is 9.97. The van der Waals surface area contributed by atoms with Crippen LogP contribution in [0.15, 0.2) is 35.3 Å². The molecule has 7 nitrogen and oxygen atoms in total. The average molecular weight is 393 g/mol. The Bertz CT molecular complexity index is 1120. The van der Waals surface area contributed by atoms with Gasteiger partial charge < -0.3 is 9.47 Å². The quantitative estimate of drug-likeness (QED) is 0.637. The fraction of sp³-hybridized carbons (Fsp3) is 0.409. The smallest absolute Gasteiger partial charge is 0.277 e. The summed E-state index contributed by atoms with van der Waals surface area (Å²) in [7, 11) is 1.98. The number of piperazine rings is 1. The molecule has 0 radical (unpaired) electrons. The molecule has 0 atom stereocenters. The van der Waals surface area contributed by atoms with Gasteiger partial charge in [-0.15, -0.1) is 0 Å². The molecule has 152 valence electrons. The van der Waals surface area contributed by atoms with Crippen LogP contribution in [0.3, 0.4) is 0 Å². The normalized spacial score (nSPS) is 15.2. The number of nitrogens with zero attached hydrogens (tertiary/aromatic N) is 5. The maximum Gasteiger partial charge on any atom is 0.277 e. The predicted octanol–water partition coefficient (Wildman–Crippen LogP) is 2.33. The Morgan fingerprint density at radius 2 is 1.69 bits per heavy atom. The lowest BCUT2D eigenvalue weighted by Gasteiger charge is -2.36. The molecule has 1 saturated heterocycles. The first-order valence-corrected chi connectivity index (χ1v) is 9.97. The van der Waals surface area contributed by atoms with Crippen molar-refractivity contribution < 1.29 is 4.79 Å². The number of hydrogen-bond acceptors (Lipinski definition) is 5. The Morgan fingerprint density at radius 3 is 2.31 bits per heavy atom. The molecule has 0 bridgehead atoms. The fourth-order valence-corrected chi connectivity index (χ4v) is 4.06. The van der Waals surface area contributed by atoms with Gasteiger partial charge in [0, 0.05) is 61.3 Å². The van der Waals surface area contributed by atoms with Crippen LogP contribution >= 0.6 is 0 Å². The lowest BCUT2D eigenvalue weighted by molar-refractivity contribution is 0.101. The van der Waals surface area contributed by atoms with E-state index in [1.165, 1.54) is 0 Å². The summed E-state index contributed by atoms with van der Waals surface area (Å²) in [5.74, 6) is 0.0835. The number of ketones is 1. The van der Waals surface area contributed by atoms with E-state index in [0.717, 1.165) is 59.6 Å². The lowest BCUT2D eigenvalue weighted by Crippen LogP contribution is -2.48. The van der Waals surface area contributed by atoms with Gasteiger partial charge in [-0.25, -0.2) is 4.68 Å². The average Bonchev–Trinajstić information content (AvgIpc) is 2.95. The Kier molecular flexibility index (Phi) is 5.00. The molecular weight excluding hydrogens is 366 g/mol. The first kappa shape index (κ1) is 19.4. The minimum absolute atomic E-state index is 0.0223. The number of hydrogen-bond donors (Lipinski definition) is 0. The van der Waals surface area contributed by atoms with Crippen molar-refractivity contribution in [2.75, 3.05) is 31.1 Å².